The zero-order chi connectivity index (χ0) is 13.4. The number of rotatable bonds is 2. The second kappa shape index (κ2) is 4.79. The minimum absolute atomic E-state index is 0.337. The van der Waals surface area contributed by atoms with Gasteiger partial charge in [0.15, 0.2) is 0 Å². The van der Waals surface area contributed by atoms with Gasteiger partial charge in [-0.15, -0.1) is 0 Å². The molecule has 1 heterocycles. The number of para-hydroxylation sites is 1. The average molecular weight is 320 g/mol. The Bertz CT molecular complexity index is 705. The molecule has 0 spiro atoms. The van der Waals surface area contributed by atoms with Crippen LogP contribution >= 0.6 is 15.9 Å². The van der Waals surface area contributed by atoms with Crippen molar-refractivity contribution in [3.63, 3.8) is 0 Å². The molecule has 2 N–H and O–H groups in total. The maximum Gasteiger partial charge on any atom is 0.134 e. The van der Waals surface area contributed by atoms with E-state index in [2.05, 4.69) is 15.9 Å². The van der Waals surface area contributed by atoms with E-state index >= 15 is 0 Å². The molecule has 0 aliphatic heterocycles. The zero-order valence-electron chi connectivity index (χ0n) is 9.94. The SMILES string of the molecule is NC(c1cc2ccccc2o1)c1cc(Br)ccc1F. The van der Waals surface area contributed by atoms with Crippen LogP contribution in [0.3, 0.4) is 0 Å². The summed E-state index contributed by atoms with van der Waals surface area (Å²) in [5, 5.41) is 0.961. The van der Waals surface area contributed by atoms with Crippen LogP contribution in [0, 0.1) is 5.82 Å². The average Bonchev–Trinajstić information content (AvgIpc) is 2.84. The van der Waals surface area contributed by atoms with Crippen LogP contribution in [0.15, 0.2) is 57.4 Å². The van der Waals surface area contributed by atoms with E-state index in [9.17, 15) is 4.39 Å². The van der Waals surface area contributed by atoms with Crippen molar-refractivity contribution in [2.45, 2.75) is 6.04 Å². The number of hydrogen-bond donors (Lipinski definition) is 1. The molecule has 1 atom stereocenters. The van der Waals surface area contributed by atoms with Gasteiger partial charge in [0.25, 0.3) is 0 Å². The van der Waals surface area contributed by atoms with Crippen molar-refractivity contribution >= 4 is 26.9 Å². The molecule has 96 valence electrons. The lowest BCUT2D eigenvalue weighted by molar-refractivity contribution is 0.510. The normalized spacial score (nSPS) is 12.8. The number of furan rings is 1. The molecule has 3 aromatic rings. The topological polar surface area (TPSA) is 39.2 Å². The van der Waals surface area contributed by atoms with Gasteiger partial charge in [-0.2, -0.15) is 0 Å². The molecule has 0 aliphatic rings. The van der Waals surface area contributed by atoms with Crippen molar-refractivity contribution in [3.8, 4) is 0 Å². The molecule has 0 fully saturated rings. The third-order valence-corrected chi connectivity index (χ3v) is 3.54. The van der Waals surface area contributed by atoms with E-state index in [0.717, 1.165) is 15.4 Å². The molecule has 1 aromatic heterocycles. The van der Waals surface area contributed by atoms with Crippen molar-refractivity contribution < 1.29 is 8.81 Å². The van der Waals surface area contributed by atoms with Gasteiger partial charge >= 0.3 is 0 Å². The lowest BCUT2D eigenvalue weighted by atomic mass is 10.0. The van der Waals surface area contributed by atoms with Gasteiger partial charge in [-0.05, 0) is 30.3 Å². The fourth-order valence-corrected chi connectivity index (χ4v) is 2.44. The number of fused-ring (bicyclic) bond motifs is 1. The molecular weight excluding hydrogens is 309 g/mol. The highest BCUT2D eigenvalue weighted by atomic mass is 79.9. The highest BCUT2D eigenvalue weighted by Crippen LogP contribution is 2.29. The van der Waals surface area contributed by atoms with Gasteiger partial charge in [-0.1, -0.05) is 34.1 Å². The van der Waals surface area contributed by atoms with Gasteiger partial charge in [-0.3, -0.25) is 0 Å². The van der Waals surface area contributed by atoms with E-state index in [-0.39, 0.29) is 5.82 Å². The van der Waals surface area contributed by atoms with Crippen LogP contribution in [0.1, 0.15) is 17.4 Å². The Balaban J connectivity index is 2.07. The summed E-state index contributed by atoms with van der Waals surface area (Å²) < 4.78 is 20.3. The Hall–Kier alpha value is -1.65. The quantitative estimate of drug-likeness (QED) is 0.761. The second-order valence-electron chi connectivity index (χ2n) is 4.33. The summed E-state index contributed by atoms with van der Waals surface area (Å²) in [7, 11) is 0. The molecule has 0 amide bonds. The predicted octanol–water partition coefficient (Wildman–Crippen LogP) is 4.38. The van der Waals surface area contributed by atoms with Crippen LogP contribution in [0.25, 0.3) is 11.0 Å². The summed E-state index contributed by atoms with van der Waals surface area (Å²) in [5.41, 5.74) is 7.26. The van der Waals surface area contributed by atoms with E-state index in [0.29, 0.717) is 11.3 Å². The first-order valence-electron chi connectivity index (χ1n) is 5.84. The minimum atomic E-state index is -0.620. The van der Waals surface area contributed by atoms with Crippen molar-refractivity contribution in [3.05, 3.63) is 70.1 Å². The summed E-state index contributed by atoms with van der Waals surface area (Å²) in [5.74, 6) is 0.217. The molecular formula is C15H11BrFNO. The molecule has 0 bridgehead atoms. The van der Waals surface area contributed by atoms with Gasteiger partial charge in [0.1, 0.15) is 17.2 Å². The Kier molecular flexibility index (Phi) is 3.12. The lowest BCUT2D eigenvalue weighted by Crippen LogP contribution is -2.12. The van der Waals surface area contributed by atoms with Crippen LogP contribution in [0.5, 0.6) is 0 Å². The number of hydrogen-bond acceptors (Lipinski definition) is 2. The number of halogens is 2. The number of nitrogens with two attached hydrogens (primary N) is 1. The summed E-state index contributed by atoms with van der Waals surface area (Å²) in [4.78, 5) is 0. The van der Waals surface area contributed by atoms with E-state index in [4.69, 9.17) is 10.2 Å². The zero-order valence-corrected chi connectivity index (χ0v) is 11.5. The molecule has 0 saturated carbocycles. The molecule has 2 aromatic carbocycles. The second-order valence-corrected chi connectivity index (χ2v) is 5.25. The first kappa shape index (κ1) is 12.4. The number of benzene rings is 2. The summed E-state index contributed by atoms with van der Waals surface area (Å²) in [6, 6.07) is 13.5. The van der Waals surface area contributed by atoms with Gasteiger partial charge in [-0.25, -0.2) is 4.39 Å². The third-order valence-electron chi connectivity index (χ3n) is 3.04. The lowest BCUT2D eigenvalue weighted by Gasteiger charge is -2.10. The standard InChI is InChI=1S/C15H11BrFNO/c16-10-5-6-12(17)11(8-10)15(18)14-7-9-3-1-2-4-13(9)19-14/h1-8,15H,18H2. The highest BCUT2D eigenvalue weighted by Gasteiger charge is 2.18. The Morgan fingerprint density at radius 2 is 1.89 bits per heavy atom. The summed E-state index contributed by atoms with van der Waals surface area (Å²) >= 11 is 3.32. The van der Waals surface area contributed by atoms with Crippen molar-refractivity contribution in [1.29, 1.82) is 0 Å². The molecule has 3 rings (SSSR count). The minimum Gasteiger partial charge on any atom is -0.459 e. The monoisotopic (exact) mass is 319 g/mol. The maximum atomic E-state index is 13.8. The van der Waals surface area contributed by atoms with Crippen molar-refractivity contribution in [2.75, 3.05) is 0 Å². The van der Waals surface area contributed by atoms with E-state index in [1.54, 1.807) is 12.1 Å². The third kappa shape index (κ3) is 2.29. The molecule has 0 radical (unpaired) electrons. The van der Waals surface area contributed by atoms with Crippen LogP contribution in [0.2, 0.25) is 0 Å². The largest absolute Gasteiger partial charge is 0.459 e. The fraction of sp³-hybridized carbons (Fsp3) is 0.0667. The van der Waals surface area contributed by atoms with E-state index < -0.39 is 6.04 Å². The van der Waals surface area contributed by atoms with Crippen LogP contribution in [0.4, 0.5) is 4.39 Å². The molecule has 0 saturated heterocycles. The Labute approximate surface area is 118 Å². The Morgan fingerprint density at radius 1 is 1.11 bits per heavy atom. The molecule has 0 aliphatic carbocycles. The van der Waals surface area contributed by atoms with E-state index in [1.165, 1.54) is 6.07 Å². The fourth-order valence-electron chi connectivity index (χ4n) is 2.06. The van der Waals surface area contributed by atoms with Crippen molar-refractivity contribution in [2.24, 2.45) is 5.73 Å². The van der Waals surface area contributed by atoms with Gasteiger partial charge in [0, 0.05) is 15.4 Å². The van der Waals surface area contributed by atoms with E-state index in [1.807, 2.05) is 30.3 Å². The molecule has 2 nitrogen and oxygen atoms in total. The first-order chi connectivity index (χ1) is 9.15. The van der Waals surface area contributed by atoms with Crippen LogP contribution < -0.4 is 5.73 Å². The van der Waals surface area contributed by atoms with Crippen LogP contribution in [-0.4, -0.2) is 0 Å². The van der Waals surface area contributed by atoms with Gasteiger partial charge in [0.2, 0.25) is 0 Å². The molecule has 19 heavy (non-hydrogen) atoms. The first-order valence-corrected chi connectivity index (χ1v) is 6.63. The summed E-state index contributed by atoms with van der Waals surface area (Å²) in [6.45, 7) is 0. The van der Waals surface area contributed by atoms with Gasteiger partial charge < -0.3 is 10.2 Å². The predicted molar refractivity (Wildman–Crippen MR) is 76.3 cm³/mol. The Morgan fingerprint density at radius 3 is 2.68 bits per heavy atom. The molecule has 4 heteroatoms. The van der Waals surface area contributed by atoms with Gasteiger partial charge in [0.05, 0.1) is 6.04 Å². The van der Waals surface area contributed by atoms with Crippen molar-refractivity contribution in [1.82, 2.24) is 0 Å². The smallest absolute Gasteiger partial charge is 0.134 e. The summed E-state index contributed by atoms with van der Waals surface area (Å²) in [6.07, 6.45) is 0. The molecule has 1 unspecified atom stereocenters. The van der Waals surface area contributed by atoms with Crippen LogP contribution in [-0.2, 0) is 0 Å². The highest BCUT2D eigenvalue weighted by molar-refractivity contribution is 9.10. The maximum absolute atomic E-state index is 13.8.